The van der Waals surface area contributed by atoms with Crippen molar-refractivity contribution >= 4 is 11.9 Å². The Hall–Kier alpha value is -3.48. The molecule has 6 nitrogen and oxygen atoms in total. The predicted molar refractivity (Wildman–Crippen MR) is 202 cm³/mol. The molecule has 6 heteroatoms. The van der Waals surface area contributed by atoms with Crippen LogP contribution < -0.4 is 0 Å². The zero-order chi connectivity index (χ0) is 35.8. The first kappa shape index (κ1) is 40.9. The molecule has 0 aliphatic rings. The number of benzene rings is 3. The van der Waals surface area contributed by atoms with Crippen molar-refractivity contribution in [3.8, 4) is 0 Å². The summed E-state index contributed by atoms with van der Waals surface area (Å²) in [6, 6.07) is 31.5. The van der Waals surface area contributed by atoms with E-state index in [2.05, 4.69) is 72.8 Å². The average molecular weight is 687 g/mol. The van der Waals surface area contributed by atoms with Gasteiger partial charge in [0.2, 0.25) is 0 Å². The zero-order valence-electron chi connectivity index (χ0n) is 30.3. The maximum absolute atomic E-state index is 12.1. The second kappa shape index (κ2) is 23.8. The average Bonchev–Trinajstić information content (AvgIpc) is 3.14. The fourth-order valence-electron chi connectivity index (χ4n) is 7.18. The normalized spacial score (nSPS) is 11.9. The second-order valence-electron chi connectivity index (χ2n) is 13.9. The SMILES string of the molecule is O=C(O)C(CCCCCCCCCCCO)(CCCCCCCCCCCOC(c1ccccc1)(c1ccccc1)c1ccccc1)C(=O)O. The Balaban J connectivity index is 1.34. The summed E-state index contributed by atoms with van der Waals surface area (Å²) >= 11 is 0. The summed E-state index contributed by atoms with van der Waals surface area (Å²) in [6.07, 6.45) is 18.5. The molecule has 0 atom stereocenters. The number of aliphatic hydroxyl groups is 1. The van der Waals surface area contributed by atoms with Crippen LogP contribution in [0.3, 0.4) is 0 Å². The van der Waals surface area contributed by atoms with Crippen molar-refractivity contribution in [3.63, 3.8) is 0 Å². The highest BCUT2D eigenvalue weighted by atomic mass is 16.5. The molecular formula is C44H62O6. The molecule has 3 aromatic rings. The third kappa shape index (κ3) is 13.0. The Kier molecular flexibility index (Phi) is 19.5. The summed E-state index contributed by atoms with van der Waals surface area (Å²) in [7, 11) is 0. The van der Waals surface area contributed by atoms with Crippen molar-refractivity contribution in [1.82, 2.24) is 0 Å². The quantitative estimate of drug-likeness (QED) is 0.0381. The van der Waals surface area contributed by atoms with E-state index >= 15 is 0 Å². The zero-order valence-corrected chi connectivity index (χ0v) is 30.3. The third-order valence-electron chi connectivity index (χ3n) is 10.2. The molecule has 0 bridgehead atoms. The number of aliphatic hydroxyl groups excluding tert-OH is 1. The number of carbonyl (C=O) groups is 2. The van der Waals surface area contributed by atoms with Gasteiger partial charge >= 0.3 is 11.9 Å². The van der Waals surface area contributed by atoms with Crippen molar-refractivity contribution in [2.24, 2.45) is 5.41 Å². The van der Waals surface area contributed by atoms with Crippen molar-refractivity contribution in [2.45, 2.75) is 134 Å². The van der Waals surface area contributed by atoms with Gasteiger partial charge in [-0.15, -0.1) is 0 Å². The molecule has 0 amide bonds. The van der Waals surface area contributed by atoms with E-state index in [0.29, 0.717) is 19.4 Å². The minimum atomic E-state index is -1.66. The molecule has 0 spiro atoms. The largest absolute Gasteiger partial charge is 0.480 e. The Morgan fingerprint density at radius 2 is 0.740 bits per heavy atom. The first-order valence-corrected chi connectivity index (χ1v) is 19.4. The molecule has 3 aromatic carbocycles. The van der Waals surface area contributed by atoms with Crippen LogP contribution in [0, 0.1) is 5.41 Å². The molecule has 0 heterocycles. The number of aliphatic carboxylic acids is 2. The van der Waals surface area contributed by atoms with Crippen LogP contribution in [0.15, 0.2) is 91.0 Å². The molecular weight excluding hydrogens is 624 g/mol. The van der Waals surface area contributed by atoms with Crippen molar-refractivity contribution in [3.05, 3.63) is 108 Å². The molecule has 0 aromatic heterocycles. The summed E-state index contributed by atoms with van der Waals surface area (Å²) in [5, 5.41) is 28.7. The van der Waals surface area contributed by atoms with Crippen LogP contribution in [0.2, 0.25) is 0 Å². The summed E-state index contributed by atoms with van der Waals surface area (Å²) in [6.45, 7) is 0.912. The minimum absolute atomic E-state index is 0.207. The van der Waals surface area contributed by atoms with Gasteiger partial charge in [0.15, 0.2) is 5.41 Å². The second-order valence-corrected chi connectivity index (χ2v) is 13.9. The van der Waals surface area contributed by atoms with Crippen LogP contribution in [0.25, 0.3) is 0 Å². The lowest BCUT2D eigenvalue weighted by atomic mass is 9.78. The first-order chi connectivity index (χ1) is 24.5. The molecule has 0 saturated heterocycles. The molecule has 50 heavy (non-hydrogen) atoms. The standard InChI is InChI=1S/C44H62O6/c45-36-26-13-9-5-1-3-7-11-24-34-43(41(46)47,42(48)49)35-25-12-8-4-2-6-10-14-27-37-50-44(38-28-18-15-19-29-38,39-30-20-16-21-31-39)40-32-22-17-23-33-40/h15-23,28-33,45H,1-14,24-27,34-37H2,(H,46,47)(H,48,49). The smallest absolute Gasteiger partial charge is 0.321 e. The lowest BCUT2D eigenvalue weighted by Gasteiger charge is -2.36. The molecule has 3 N–H and O–H groups in total. The molecule has 3 rings (SSSR count). The Morgan fingerprint density at radius 3 is 1.06 bits per heavy atom. The monoisotopic (exact) mass is 686 g/mol. The highest BCUT2D eigenvalue weighted by Crippen LogP contribution is 2.40. The lowest BCUT2D eigenvalue weighted by Crippen LogP contribution is -2.39. The van der Waals surface area contributed by atoms with Gasteiger partial charge < -0.3 is 20.1 Å². The van der Waals surface area contributed by atoms with Crippen LogP contribution in [0.5, 0.6) is 0 Å². The maximum atomic E-state index is 12.1. The van der Waals surface area contributed by atoms with Gasteiger partial charge in [-0.1, -0.05) is 194 Å². The molecule has 274 valence electrons. The molecule has 0 fully saturated rings. The number of ether oxygens (including phenoxy) is 1. The van der Waals surface area contributed by atoms with E-state index in [-0.39, 0.29) is 19.4 Å². The maximum Gasteiger partial charge on any atom is 0.321 e. The third-order valence-corrected chi connectivity index (χ3v) is 10.2. The van der Waals surface area contributed by atoms with Gasteiger partial charge in [0.05, 0.1) is 0 Å². The van der Waals surface area contributed by atoms with Gasteiger partial charge in [-0.25, -0.2) is 0 Å². The number of hydrogen-bond acceptors (Lipinski definition) is 4. The fraction of sp³-hybridized carbons (Fsp3) is 0.545. The van der Waals surface area contributed by atoms with Crippen molar-refractivity contribution in [2.75, 3.05) is 13.2 Å². The Labute approximate surface area is 301 Å². The Morgan fingerprint density at radius 1 is 0.440 bits per heavy atom. The summed E-state index contributed by atoms with van der Waals surface area (Å²) in [5.74, 6) is -2.38. The van der Waals surface area contributed by atoms with E-state index in [1.165, 1.54) is 0 Å². The van der Waals surface area contributed by atoms with Gasteiger partial charge in [-0.3, -0.25) is 9.59 Å². The van der Waals surface area contributed by atoms with Gasteiger partial charge in [0.25, 0.3) is 0 Å². The summed E-state index contributed by atoms with van der Waals surface area (Å²) < 4.78 is 6.89. The number of carboxylic acids is 2. The van der Waals surface area contributed by atoms with E-state index < -0.39 is 23.0 Å². The number of rotatable bonds is 29. The molecule has 0 radical (unpaired) electrons. The van der Waals surface area contributed by atoms with E-state index in [1.807, 2.05) is 18.2 Å². The van der Waals surface area contributed by atoms with Crippen LogP contribution in [-0.2, 0) is 19.9 Å². The van der Waals surface area contributed by atoms with E-state index in [1.54, 1.807) is 0 Å². The first-order valence-electron chi connectivity index (χ1n) is 19.4. The highest BCUT2D eigenvalue weighted by molar-refractivity contribution is 5.98. The van der Waals surface area contributed by atoms with Crippen LogP contribution in [-0.4, -0.2) is 40.5 Å². The fourth-order valence-corrected chi connectivity index (χ4v) is 7.18. The van der Waals surface area contributed by atoms with Crippen molar-refractivity contribution in [1.29, 1.82) is 0 Å². The summed E-state index contributed by atoms with van der Waals surface area (Å²) in [5.41, 5.74) is 1.02. The minimum Gasteiger partial charge on any atom is -0.480 e. The Bertz CT molecular complexity index is 1200. The van der Waals surface area contributed by atoms with Gasteiger partial charge in [-0.2, -0.15) is 0 Å². The van der Waals surface area contributed by atoms with E-state index in [0.717, 1.165) is 119 Å². The van der Waals surface area contributed by atoms with Crippen LogP contribution >= 0.6 is 0 Å². The summed E-state index contributed by atoms with van der Waals surface area (Å²) in [4.78, 5) is 24.3. The molecule has 0 saturated carbocycles. The van der Waals surface area contributed by atoms with Crippen molar-refractivity contribution < 1.29 is 29.6 Å². The highest BCUT2D eigenvalue weighted by Gasteiger charge is 2.45. The number of unbranched alkanes of at least 4 members (excludes halogenated alkanes) is 16. The lowest BCUT2D eigenvalue weighted by molar-refractivity contribution is -0.166. The van der Waals surface area contributed by atoms with Gasteiger partial charge in [0, 0.05) is 13.2 Å². The topological polar surface area (TPSA) is 104 Å². The number of hydrogen-bond donors (Lipinski definition) is 3. The molecule has 0 aliphatic heterocycles. The van der Waals surface area contributed by atoms with Crippen LogP contribution in [0.1, 0.15) is 145 Å². The van der Waals surface area contributed by atoms with Crippen LogP contribution in [0.4, 0.5) is 0 Å². The number of carboxylic acid groups (broad SMARTS) is 2. The van der Waals surface area contributed by atoms with Gasteiger partial charge in [0.1, 0.15) is 5.60 Å². The molecule has 0 aliphatic carbocycles. The van der Waals surface area contributed by atoms with Gasteiger partial charge in [-0.05, 0) is 42.4 Å². The van der Waals surface area contributed by atoms with E-state index in [9.17, 15) is 19.8 Å². The molecule has 0 unspecified atom stereocenters. The predicted octanol–water partition coefficient (Wildman–Crippen LogP) is 10.9. The van der Waals surface area contributed by atoms with E-state index in [4.69, 9.17) is 9.84 Å².